The van der Waals surface area contributed by atoms with E-state index in [9.17, 15) is 5.11 Å². The van der Waals surface area contributed by atoms with Crippen LogP contribution in [0.5, 0.6) is 5.75 Å². The summed E-state index contributed by atoms with van der Waals surface area (Å²) in [6.45, 7) is 6.08. The van der Waals surface area contributed by atoms with Gasteiger partial charge in [0, 0.05) is 0 Å². The van der Waals surface area contributed by atoms with E-state index in [0.717, 1.165) is 11.3 Å². The lowest BCUT2D eigenvalue weighted by Gasteiger charge is -2.08. The van der Waals surface area contributed by atoms with E-state index in [1.807, 2.05) is 31.2 Å². The largest absolute Gasteiger partial charge is 0.494 e. The van der Waals surface area contributed by atoms with E-state index in [4.69, 9.17) is 4.74 Å². The monoisotopic (exact) mass is 178 g/mol. The first kappa shape index (κ1) is 9.81. The van der Waals surface area contributed by atoms with Crippen molar-refractivity contribution in [2.24, 2.45) is 0 Å². The van der Waals surface area contributed by atoms with E-state index >= 15 is 0 Å². The van der Waals surface area contributed by atoms with Crippen molar-refractivity contribution in [1.29, 1.82) is 0 Å². The Kier molecular flexibility index (Phi) is 3.53. The number of aliphatic hydroxyl groups is 1. The fourth-order valence-corrected chi connectivity index (χ4v) is 1.09. The number of benzene rings is 1. The molecule has 0 spiro atoms. The van der Waals surface area contributed by atoms with Gasteiger partial charge in [-0.2, -0.15) is 0 Å². The molecule has 13 heavy (non-hydrogen) atoms. The van der Waals surface area contributed by atoms with Crippen LogP contribution in [0.3, 0.4) is 0 Å². The summed E-state index contributed by atoms with van der Waals surface area (Å²) in [6, 6.07) is 7.38. The molecule has 0 saturated carbocycles. The van der Waals surface area contributed by atoms with Crippen LogP contribution in [0.1, 0.15) is 18.6 Å². The zero-order valence-corrected chi connectivity index (χ0v) is 7.73. The van der Waals surface area contributed by atoms with E-state index in [0.29, 0.717) is 6.61 Å². The van der Waals surface area contributed by atoms with Gasteiger partial charge in [0.05, 0.1) is 12.7 Å². The van der Waals surface area contributed by atoms with E-state index in [1.165, 1.54) is 6.08 Å². The van der Waals surface area contributed by atoms with Gasteiger partial charge in [-0.3, -0.25) is 0 Å². The molecule has 0 saturated heterocycles. The van der Waals surface area contributed by atoms with Crippen LogP contribution in [0.25, 0.3) is 0 Å². The number of hydrogen-bond donors (Lipinski definition) is 1. The summed E-state index contributed by atoms with van der Waals surface area (Å²) in [5, 5.41) is 9.45. The normalized spacial score (nSPS) is 12.2. The molecular weight excluding hydrogens is 164 g/mol. The van der Waals surface area contributed by atoms with Gasteiger partial charge in [-0.25, -0.2) is 0 Å². The number of aliphatic hydroxyl groups excluding tert-OH is 1. The topological polar surface area (TPSA) is 29.5 Å². The molecule has 0 aliphatic carbocycles. The molecule has 1 N–H and O–H groups in total. The molecule has 0 bridgehead atoms. The predicted octanol–water partition coefficient (Wildman–Crippen LogP) is 2.30. The van der Waals surface area contributed by atoms with Crippen molar-refractivity contribution in [3.8, 4) is 5.75 Å². The second kappa shape index (κ2) is 4.67. The summed E-state index contributed by atoms with van der Waals surface area (Å²) in [6.07, 6.45) is 0.880. The molecule has 0 heterocycles. The summed E-state index contributed by atoms with van der Waals surface area (Å²) in [4.78, 5) is 0. The van der Waals surface area contributed by atoms with Gasteiger partial charge in [0.15, 0.2) is 0 Å². The Morgan fingerprint density at radius 1 is 1.62 bits per heavy atom. The van der Waals surface area contributed by atoms with Crippen molar-refractivity contribution in [1.82, 2.24) is 0 Å². The summed E-state index contributed by atoms with van der Waals surface area (Å²) in [5.41, 5.74) is 0.806. The average molecular weight is 178 g/mol. The number of ether oxygens (including phenoxy) is 1. The Morgan fingerprint density at radius 2 is 2.38 bits per heavy atom. The molecule has 2 heteroatoms. The predicted molar refractivity (Wildman–Crippen MR) is 52.8 cm³/mol. The molecule has 1 aromatic carbocycles. The van der Waals surface area contributed by atoms with Gasteiger partial charge in [-0.1, -0.05) is 18.2 Å². The van der Waals surface area contributed by atoms with Gasteiger partial charge in [-0.15, -0.1) is 6.58 Å². The molecule has 0 fully saturated rings. The van der Waals surface area contributed by atoms with E-state index in [1.54, 1.807) is 0 Å². The van der Waals surface area contributed by atoms with Gasteiger partial charge in [-0.05, 0) is 24.6 Å². The Hall–Kier alpha value is -1.28. The van der Waals surface area contributed by atoms with Crippen LogP contribution >= 0.6 is 0 Å². The van der Waals surface area contributed by atoms with Crippen LogP contribution < -0.4 is 4.74 Å². The SMILES string of the molecule is C=CC(O)c1cccc(OCC)c1. The van der Waals surface area contributed by atoms with Gasteiger partial charge in [0.25, 0.3) is 0 Å². The van der Waals surface area contributed by atoms with Gasteiger partial charge in [0.2, 0.25) is 0 Å². The molecule has 2 nitrogen and oxygen atoms in total. The zero-order chi connectivity index (χ0) is 9.68. The first-order chi connectivity index (χ1) is 6.27. The molecule has 1 unspecified atom stereocenters. The van der Waals surface area contributed by atoms with Gasteiger partial charge >= 0.3 is 0 Å². The highest BCUT2D eigenvalue weighted by Gasteiger charge is 2.02. The first-order valence-corrected chi connectivity index (χ1v) is 4.31. The summed E-state index contributed by atoms with van der Waals surface area (Å²) in [7, 11) is 0. The average Bonchev–Trinajstić information content (AvgIpc) is 2.18. The standard InChI is InChI=1S/C11H14O2/c1-3-11(12)9-6-5-7-10(8-9)13-4-2/h3,5-8,11-12H,1,4H2,2H3. The summed E-state index contributed by atoms with van der Waals surface area (Å²) < 4.78 is 5.30. The fraction of sp³-hybridized carbons (Fsp3) is 0.273. The third kappa shape index (κ3) is 2.60. The second-order valence-corrected chi connectivity index (χ2v) is 2.69. The van der Waals surface area contributed by atoms with Crippen LogP contribution in [0.2, 0.25) is 0 Å². The Labute approximate surface area is 78.5 Å². The second-order valence-electron chi connectivity index (χ2n) is 2.69. The minimum Gasteiger partial charge on any atom is -0.494 e. The van der Waals surface area contributed by atoms with Crippen LogP contribution in [-0.2, 0) is 0 Å². The molecule has 0 radical (unpaired) electrons. The van der Waals surface area contributed by atoms with Crippen LogP contribution in [0, 0.1) is 0 Å². The smallest absolute Gasteiger partial charge is 0.119 e. The molecule has 0 aliphatic heterocycles. The van der Waals surface area contributed by atoms with Crippen molar-refractivity contribution >= 4 is 0 Å². The maximum atomic E-state index is 9.45. The van der Waals surface area contributed by atoms with Gasteiger partial charge in [0.1, 0.15) is 5.75 Å². The fourth-order valence-electron chi connectivity index (χ4n) is 1.09. The molecule has 1 rings (SSSR count). The van der Waals surface area contributed by atoms with Crippen LogP contribution in [0.4, 0.5) is 0 Å². The lowest BCUT2D eigenvalue weighted by Crippen LogP contribution is -1.95. The molecular formula is C11H14O2. The minimum atomic E-state index is -0.611. The van der Waals surface area contributed by atoms with Crippen molar-refractivity contribution in [2.75, 3.05) is 6.61 Å². The molecule has 1 atom stereocenters. The van der Waals surface area contributed by atoms with Crippen molar-refractivity contribution in [3.63, 3.8) is 0 Å². The maximum Gasteiger partial charge on any atom is 0.119 e. The van der Waals surface area contributed by atoms with Gasteiger partial charge < -0.3 is 9.84 Å². The Bertz CT molecular complexity index is 281. The molecule has 1 aromatic rings. The number of rotatable bonds is 4. The number of hydrogen-bond acceptors (Lipinski definition) is 2. The molecule has 0 aliphatic rings. The highest BCUT2D eigenvalue weighted by molar-refractivity contribution is 5.31. The van der Waals surface area contributed by atoms with E-state index in [-0.39, 0.29) is 0 Å². The van der Waals surface area contributed by atoms with Crippen molar-refractivity contribution in [3.05, 3.63) is 42.5 Å². The van der Waals surface area contributed by atoms with E-state index < -0.39 is 6.10 Å². The third-order valence-corrected chi connectivity index (χ3v) is 1.73. The lowest BCUT2D eigenvalue weighted by molar-refractivity contribution is 0.228. The molecule has 70 valence electrons. The zero-order valence-electron chi connectivity index (χ0n) is 7.73. The minimum absolute atomic E-state index is 0.611. The van der Waals surface area contributed by atoms with Crippen molar-refractivity contribution in [2.45, 2.75) is 13.0 Å². The van der Waals surface area contributed by atoms with Crippen molar-refractivity contribution < 1.29 is 9.84 Å². The summed E-state index contributed by atoms with van der Waals surface area (Å²) >= 11 is 0. The van der Waals surface area contributed by atoms with Crippen LogP contribution in [-0.4, -0.2) is 11.7 Å². The Balaban J connectivity index is 2.84. The third-order valence-electron chi connectivity index (χ3n) is 1.73. The highest BCUT2D eigenvalue weighted by Crippen LogP contribution is 2.19. The maximum absolute atomic E-state index is 9.45. The quantitative estimate of drug-likeness (QED) is 0.717. The van der Waals surface area contributed by atoms with E-state index in [2.05, 4.69) is 6.58 Å². The summed E-state index contributed by atoms with van der Waals surface area (Å²) in [5.74, 6) is 0.779. The molecule has 0 amide bonds. The van der Waals surface area contributed by atoms with Crippen LogP contribution in [0.15, 0.2) is 36.9 Å². The highest BCUT2D eigenvalue weighted by atomic mass is 16.5. The molecule has 0 aromatic heterocycles. The first-order valence-electron chi connectivity index (χ1n) is 4.31. The Morgan fingerprint density at radius 3 is 3.00 bits per heavy atom. The lowest BCUT2D eigenvalue weighted by atomic mass is 10.1.